The molecular formula is C23H26N4O5S. The minimum Gasteiger partial charge on any atom is -0.422 e. The molecule has 2 aromatic heterocycles. The van der Waals surface area contributed by atoms with Gasteiger partial charge < -0.3 is 14.2 Å². The Balaban J connectivity index is 1.32. The van der Waals surface area contributed by atoms with E-state index in [1.807, 2.05) is 30.7 Å². The van der Waals surface area contributed by atoms with Crippen LogP contribution >= 0.6 is 0 Å². The molecule has 10 heteroatoms. The van der Waals surface area contributed by atoms with E-state index in [1.165, 1.54) is 0 Å². The van der Waals surface area contributed by atoms with Gasteiger partial charge in [-0.15, -0.1) is 0 Å². The van der Waals surface area contributed by atoms with E-state index in [4.69, 9.17) is 4.42 Å². The second kappa shape index (κ2) is 8.02. The Morgan fingerprint density at radius 3 is 2.55 bits per heavy atom. The lowest BCUT2D eigenvalue weighted by Gasteiger charge is -2.36. The lowest BCUT2D eigenvalue weighted by atomic mass is 10.1. The van der Waals surface area contributed by atoms with Crippen molar-refractivity contribution in [2.45, 2.75) is 26.3 Å². The number of aryl methyl sites for hydroxylation is 1. The predicted octanol–water partition coefficient (Wildman–Crippen LogP) is 1.93. The van der Waals surface area contributed by atoms with Gasteiger partial charge in [0, 0.05) is 31.6 Å². The van der Waals surface area contributed by atoms with Crippen molar-refractivity contribution in [2.75, 3.05) is 42.6 Å². The normalized spacial score (nSPS) is 20.5. The van der Waals surface area contributed by atoms with Crippen LogP contribution in [-0.2, 0) is 9.84 Å². The first-order valence-electron chi connectivity index (χ1n) is 11.1. The number of hydrogen-bond acceptors (Lipinski definition) is 7. The van der Waals surface area contributed by atoms with Gasteiger partial charge in [0.05, 0.1) is 34.6 Å². The van der Waals surface area contributed by atoms with Crippen molar-refractivity contribution < 1.29 is 17.6 Å². The Bertz CT molecular complexity index is 1400. The smallest absolute Gasteiger partial charge is 0.349 e. The molecule has 0 spiro atoms. The number of anilines is 1. The topological polar surface area (TPSA) is 106 Å². The summed E-state index contributed by atoms with van der Waals surface area (Å²) in [6.45, 7) is 6.03. The number of benzene rings is 1. The highest BCUT2D eigenvalue weighted by Gasteiger charge is 2.33. The molecule has 0 unspecified atom stereocenters. The number of fused-ring (bicyclic) bond motifs is 1. The molecule has 174 valence electrons. The first-order chi connectivity index (χ1) is 15.7. The Morgan fingerprint density at radius 2 is 1.85 bits per heavy atom. The third kappa shape index (κ3) is 3.92. The summed E-state index contributed by atoms with van der Waals surface area (Å²) < 4.78 is 31.0. The highest BCUT2D eigenvalue weighted by Crippen LogP contribution is 2.31. The van der Waals surface area contributed by atoms with Crippen molar-refractivity contribution >= 4 is 32.4 Å². The third-order valence-corrected chi connectivity index (χ3v) is 8.35. The number of amides is 1. The molecule has 1 amide bonds. The SMILES string of the molecule is Cc1nn([C@H]2CCS(=O)(=O)C2)c(C)c1N1CCN(C(=O)c2cc3ccccc3oc2=O)CC1. The Morgan fingerprint density at radius 1 is 1.12 bits per heavy atom. The molecule has 2 aliphatic rings. The van der Waals surface area contributed by atoms with E-state index in [0.29, 0.717) is 43.6 Å². The number of hydrogen-bond donors (Lipinski definition) is 0. The first kappa shape index (κ1) is 21.7. The van der Waals surface area contributed by atoms with Gasteiger partial charge in [0.2, 0.25) is 0 Å². The molecule has 4 heterocycles. The summed E-state index contributed by atoms with van der Waals surface area (Å²) >= 11 is 0. The minimum absolute atomic E-state index is 0.0461. The molecule has 0 aliphatic carbocycles. The Kier molecular flexibility index (Phi) is 5.27. The molecule has 5 rings (SSSR count). The monoisotopic (exact) mass is 470 g/mol. The molecule has 0 saturated carbocycles. The van der Waals surface area contributed by atoms with Crippen LogP contribution in [0.1, 0.15) is 34.2 Å². The highest BCUT2D eigenvalue weighted by atomic mass is 32.2. The van der Waals surface area contributed by atoms with Crippen LogP contribution in [0, 0.1) is 13.8 Å². The quantitative estimate of drug-likeness (QED) is 0.539. The second-order valence-electron chi connectivity index (χ2n) is 8.79. The lowest BCUT2D eigenvalue weighted by molar-refractivity contribution is 0.0742. The van der Waals surface area contributed by atoms with Crippen LogP contribution in [0.5, 0.6) is 0 Å². The van der Waals surface area contributed by atoms with E-state index in [9.17, 15) is 18.0 Å². The molecule has 1 atom stereocenters. The average molecular weight is 471 g/mol. The first-order valence-corrected chi connectivity index (χ1v) is 12.9. The minimum atomic E-state index is -3.00. The molecular weight excluding hydrogens is 444 g/mol. The van der Waals surface area contributed by atoms with E-state index in [1.54, 1.807) is 23.1 Å². The van der Waals surface area contributed by atoms with E-state index in [0.717, 1.165) is 17.1 Å². The summed E-state index contributed by atoms with van der Waals surface area (Å²) in [6, 6.07) is 8.60. The fourth-order valence-electron chi connectivity index (χ4n) is 4.95. The van der Waals surface area contributed by atoms with Crippen LogP contribution in [0.15, 0.2) is 39.5 Å². The van der Waals surface area contributed by atoms with Gasteiger partial charge in [0.1, 0.15) is 11.1 Å². The van der Waals surface area contributed by atoms with E-state index >= 15 is 0 Å². The molecule has 33 heavy (non-hydrogen) atoms. The molecule has 9 nitrogen and oxygen atoms in total. The van der Waals surface area contributed by atoms with Gasteiger partial charge in [-0.25, -0.2) is 13.2 Å². The molecule has 2 aliphatic heterocycles. The number of sulfone groups is 1. The maximum atomic E-state index is 13.1. The number of rotatable bonds is 3. The van der Waals surface area contributed by atoms with Crippen LogP contribution in [-0.4, -0.2) is 66.7 Å². The van der Waals surface area contributed by atoms with Gasteiger partial charge in [-0.1, -0.05) is 18.2 Å². The number of nitrogens with zero attached hydrogens (tertiary/aromatic N) is 4. The van der Waals surface area contributed by atoms with Crippen molar-refractivity contribution in [3.8, 4) is 0 Å². The van der Waals surface area contributed by atoms with Gasteiger partial charge in [-0.05, 0) is 32.4 Å². The summed E-state index contributed by atoms with van der Waals surface area (Å²) in [5.74, 6) is 0.00867. The number of carbonyl (C=O) groups is 1. The molecule has 0 radical (unpaired) electrons. The van der Waals surface area contributed by atoms with Crippen LogP contribution in [0.2, 0.25) is 0 Å². The summed E-state index contributed by atoms with van der Waals surface area (Å²) in [6.07, 6.45) is 0.584. The van der Waals surface area contributed by atoms with Crippen LogP contribution < -0.4 is 10.5 Å². The third-order valence-electron chi connectivity index (χ3n) is 6.60. The maximum Gasteiger partial charge on any atom is 0.349 e. The fourth-order valence-corrected chi connectivity index (χ4v) is 6.64. The summed E-state index contributed by atoms with van der Waals surface area (Å²) in [5, 5.41) is 5.37. The number of carbonyl (C=O) groups excluding carboxylic acids is 1. The molecule has 0 N–H and O–H groups in total. The number of piperazine rings is 1. The van der Waals surface area contributed by atoms with E-state index in [2.05, 4.69) is 10.00 Å². The van der Waals surface area contributed by atoms with Crippen molar-refractivity contribution in [1.82, 2.24) is 14.7 Å². The van der Waals surface area contributed by atoms with Gasteiger partial charge in [0.15, 0.2) is 9.84 Å². The fraction of sp³-hybridized carbons (Fsp3) is 0.435. The Hall–Kier alpha value is -3.14. The van der Waals surface area contributed by atoms with Crippen molar-refractivity contribution in [2.24, 2.45) is 0 Å². The molecule has 2 saturated heterocycles. The van der Waals surface area contributed by atoms with Crippen molar-refractivity contribution in [1.29, 1.82) is 0 Å². The van der Waals surface area contributed by atoms with Gasteiger partial charge in [-0.2, -0.15) is 5.10 Å². The maximum absolute atomic E-state index is 13.1. The van der Waals surface area contributed by atoms with E-state index < -0.39 is 15.5 Å². The largest absolute Gasteiger partial charge is 0.422 e. The van der Waals surface area contributed by atoms with Crippen molar-refractivity contribution in [3.05, 3.63) is 57.7 Å². The molecule has 2 fully saturated rings. The van der Waals surface area contributed by atoms with Gasteiger partial charge in [-0.3, -0.25) is 9.48 Å². The second-order valence-corrected chi connectivity index (χ2v) is 11.0. The van der Waals surface area contributed by atoms with Crippen LogP contribution in [0.3, 0.4) is 0 Å². The van der Waals surface area contributed by atoms with Crippen molar-refractivity contribution in [3.63, 3.8) is 0 Å². The van der Waals surface area contributed by atoms with Gasteiger partial charge in [0.25, 0.3) is 5.91 Å². The zero-order chi connectivity index (χ0) is 23.3. The zero-order valence-electron chi connectivity index (χ0n) is 18.7. The molecule has 0 bridgehead atoms. The molecule has 3 aromatic rings. The zero-order valence-corrected chi connectivity index (χ0v) is 19.5. The standard InChI is InChI=1S/C23H26N4O5S/c1-15-21(16(2)27(24-15)18-7-12-33(30,31)14-18)25-8-10-26(11-9-25)22(28)19-13-17-5-3-4-6-20(17)32-23(19)29/h3-6,13,18H,7-12,14H2,1-2H3/t18-/m0/s1. The summed E-state index contributed by atoms with van der Waals surface area (Å²) in [4.78, 5) is 29.3. The van der Waals surface area contributed by atoms with Crippen LogP contribution in [0.25, 0.3) is 11.0 Å². The summed E-state index contributed by atoms with van der Waals surface area (Å²) in [7, 11) is -3.00. The predicted molar refractivity (Wildman–Crippen MR) is 125 cm³/mol. The molecule has 1 aromatic carbocycles. The summed E-state index contributed by atoms with van der Waals surface area (Å²) in [5.41, 5.74) is 2.68. The number of para-hydroxylation sites is 1. The highest BCUT2D eigenvalue weighted by molar-refractivity contribution is 7.91. The Labute approximate surface area is 191 Å². The van der Waals surface area contributed by atoms with Crippen LogP contribution in [0.4, 0.5) is 5.69 Å². The van der Waals surface area contributed by atoms with Gasteiger partial charge >= 0.3 is 5.63 Å². The van der Waals surface area contributed by atoms with E-state index in [-0.39, 0.29) is 29.0 Å². The lowest BCUT2D eigenvalue weighted by Crippen LogP contribution is -2.49. The average Bonchev–Trinajstić information content (AvgIpc) is 3.30. The number of aromatic nitrogens is 2.